The zero-order valence-electron chi connectivity index (χ0n) is 14.9. The molecule has 3 aromatic rings. The van der Waals surface area contributed by atoms with Crippen LogP contribution in [-0.2, 0) is 6.54 Å². The van der Waals surface area contributed by atoms with Crippen molar-refractivity contribution in [1.29, 1.82) is 0 Å². The zero-order valence-corrected chi connectivity index (χ0v) is 15.7. The van der Waals surface area contributed by atoms with Gasteiger partial charge in [-0.05, 0) is 24.6 Å². The number of furan rings is 1. The molecule has 0 aliphatic carbocycles. The first-order chi connectivity index (χ1) is 13.0. The van der Waals surface area contributed by atoms with Crippen molar-refractivity contribution in [1.82, 2.24) is 4.57 Å². The Kier molecular flexibility index (Phi) is 5.26. The second-order valence-electron chi connectivity index (χ2n) is 5.50. The molecule has 2 heterocycles. The average Bonchev–Trinajstić information content (AvgIpc) is 3.27. The lowest BCUT2D eigenvalue weighted by Crippen LogP contribution is -2.17. The number of thiazole rings is 1. The van der Waals surface area contributed by atoms with Crippen LogP contribution in [0.3, 0.4) is 0 Å². The molecule has 3 rings (SSSR count). The number of fused-ring (bicyclic) bond motifs is 1. The maximum atomic E-state index is 12.4. The molecule has 0 aliphatic rings. The second-order valence-corrected chi connectivity index (χ2v) is 6.47. The summed E-state index contributed by atoms with van der Waals surface area (Å²) in [4.78, 5) is 27.0. The molecule has 142 valence electrons. The third-order valence-corrected chi connectivity index (χ3v) is 4.91. The largest absolute Gasteiger partial charge is 0.495 e. The van der Waals surface area contributed by atoms with Crippen LogP contribution in [0.5, 0.6) is 11.5 Å². The molecule has 0 radical (unpaired) electrons. The SMILES string of the molecule is CCCn1c(=NC(=O)c2ccc([N+](=O)[O-])o2)sc2c(OC)ccc(OC)c21. The first-order valence-electron chi connectivity index (χ1n) is 8.07. The number of carbonyl (C=O) groups is 1. The molecular weight excluding hydrogens is 374 g/mol. The summed E-state index contributed by atoms with van der Waals surface area (Å²) in [6.07, 6.45) is 0.805. The number of hydrogen-bond donors (Lipinski definition) is 0. The minimum Gasteiger partial charge on any atom is -0.495 e. The van der Waals surface area contributed by atoms with Crippen molar-refractivity contribution in [3.05, 3.63) is 44.9 Å². The third-order valence-electron chi connectivity index (χ3n) is 3.82. The van der Waals surface area contributed by atoms with Crippen LogP contribution >= 0.6 is 11.3 Å². The minimum atomic E-state index is -0.705. The van der Waals surface area contributed by atoms with Crippen LogP contribution in [-0.4, -0.2) is 29.6 Å². The number of amides is 1. The number of rotatable bonds is 6. The summed E-state index contributed by atoms with van der Waals surface area (Å²) in [7, 11) is 3.13. The lowest BCUT2D eigenvalue weighted by molar-refractivity contribution is -0.402. The van der Waals surface area contributed by atoms with Crippen LogP contribution in [0.1, 0.15) is 23.9 Å². The topological polar surface area (TPSA) is 109 Å². The summed E-state index contributed by atoms with van der Waals surface area (Å²) >= 11 is 1.28. The van der Waals surface area contributed by atoms with Crippen molar-refractivity contribution in [3.8, 4) is 11.5 Å². The summed E-state index contributed by atoms with van der Waals surface area (Å²) in [6.45, 7) is 2.61. The fraction of sp³-hybridized carbons (Fsp3) is 0.294. The standard InChI is InChI=1S/C17H17N3O6S/c1-4-9-19-14-10(24-2)5-6-11(25-3)15(14)27-17(19)18-16(21)12-7-8-13(26-12)20(22)23/h5-8H,4,9H2,1-3H3. The van der Waals surface area contributed by atoms with Gasteiger partial charge in [-0.1, -0.05) is 18.3 Å². The van der Waals surface area contributed by atoms with Gasteiger partial charge in [0.1, 0.15) is 26.6 Å². The molecular formula is C17H17N3O6S. The number of carbonyl (C=O) groups excluding carboxylic acids is 1. The van der Waals surface area contributed by atoms with Crippen LogP contribution in [0, 0.1) is 10.1 Å². The van der Waals surface area contributed by atoms with Crippen molar-refractivity contribution < 1.29 is 23.6 Å². The molecule has 1 amide bonds. The fourth-order valence-corrected chi connectivity index (χ4v) is 3.82. The number of methoxy groups -OCH3 is 2. The van der Waals surface area contributed by atoms with Crippen molar-refractivity contribution in [2.24, 2.45) is 4.99 Å². The van der Waals surface area contributed by atoms with E-state index in [2.05, 4.69) is 4.99 Å². The lowest BCUT2D eigenvalue weighted by atomic mass is 10.3. The molecule has 1 aromatic carbocycles. The molecule has 27 heavy (non-hydrogen) atoms. The Morgan fingerprint density at radius 2 is 1.96 bits per heavy atom. The number of nitro groups is 1. The predicted octanol–water partition coefficient (Wildman–Crippen LogP) is 3.37. The number of aromatic nitrogens is 1. The van der Waals surface area contributed by atoms with Crippen molar-refractivity contribution in [3.63, 3.8) is 0 Å². The predicted molar refractivity (Wildman–Crippen MR) is 98.5 cm³/mol. The van der Waals surface area contributed by atoms with E-state index in [-0.39, 0.29) is 5.76 Å². The van der Waals surface area contributed by atoms with Gasteiger partial charge in [-0.2, -0.15) is 4.99 Å². The highest BCUT2D eigenvalue weighted by Crippen LogP contribution is 2.35. The molecule has 2 aromatic heterocycles. The van der Waals surface area contributed by atoms with Crippen LogP contribution in [0.2, 0.25) is 0 Å². The third kappa shape index (κ3) is 3.43. The maximum Gasteiger partial charge on any atom is 0.433 e. The Bertz CT molecular complexity index is 1080. The summed E-state index contributed by atoms with van der Waals surface area (Å²) in [5, 5.41) is 10.7. The van der Waals surface area contributed by atoms with E-state index in [9.17, 15) is 14.9 Å². The molecule has 0 aliphatic heterocycles. The normalized spacial score (nSPS) is 11.7. The lowest BCUT2D eigenvalue weighted by Gasteiger charge is -2.09. The van der Waals surface area contributed by atoms with Gasteiger partial charge < -0.3 is 18.5 Å². The summed E-state index contributed by atoms with van der Waals surface area (Å²) in [5.41, 5.74) is 0.778. The quantitative estimate of drug-likeness (QED) is 0.471. The van der Waals surface area contributed by atoms with E-state index in [1.54, 1.807) is 26.4 Å². The minimum absolute atomic E-state index is 0.193. The van der Waals surface area contributed by atoms with E-state index < -0.39 is 16.7 Å². The Hall–Kier alpha value is -3.14. The van der Waals surface area contributed by atoms with Gasteiger partial charge in [-0.3, -0.25) is 14.9 Å². The first kappa shape index (κ1) is 18.6. The summed E-state index contributed by atoms with van der Waals surface area (Å²) in [5.74, 6) is -0.116. The number of aryl methyl sites for hydroxylation is 1. The van der Waals surface area contributed by atoms with E-state index in [0.717, 1.165) is 22.7 Å². The Balaban J connectivity index is 2.20. The Morgan fingerprint density at radius 3 is 2.56 bits per heavy atom. The average molecular weight is 391 g/mol. The van der Waals surface area contributed by atoms with E-state index in [1.165, 1.54) is 17.4 Å². The van der Waals surface area contributed by atoms with Crippen LogP contribution in [0.15, 0.2) is 33.7 Å². The van der Waals surface area contributed by atoms with Crippen LogP contribution in [0.25, 0.3) is 10.2 Å². The molecule has 0 unspecified atom stereocenters. The summed E-state index contributed by atoms with van der Waals surface area (Å²) in [6, 6.07) is 5.94. The molecule has 0 atom stereocenters. The maximum absolute atomic E-state index is 12.4. The zero-order chi connectivity index (χ0) is 19.6. The smallest absolute Gasteiger partial charge is 0.433 e. The van der Waals surface area contributed by atoms with Crippen molar-refractivity contribution >= 4 is 33.3 Å². The van der Waals surface area contributed by atoms with Crippen LogP contribution < -0.4 is 14.3 Å². The monoisotopic (exact) mass is 391 g/mol. The number of nitrogens with zero attached hydrogens (tertiary/aromatic N) is 3. The van der Waals surface area contributed by atoms with Gasteiger partial charge in [0.25, 0.3) is 0 Å². The van der Waals surface area contributed by atoms with Gasteiger partial charge in [0.15, 0.2) is 4.80 Å². The number of ether oxygens (including phenoxy) is 2. The van der Waals surface area contributed by atoms with Gasteiger partial charge in [0.2, 0.25) is 5.76 Å². The van der Waals surface area contributed by atoms with E-state index >= 15 is 0 Å². The number of benzene rings is 1. The molecule has 0 N–H and O–H groups in total. The molecule has 0 saturated carbocycles. The van der Waals surface area contributed by atoms with Crippen molar-refractivity contribution in [2.45, 2.75) is 19.9 Å². The highest BCUT2D eigenvalue weighted by atomic mass is 32.1. The molecule has 10 heteroatoms. The highest BCUT2D eigenvalue weighted by molar-refractivity contribution is 7.16. The van der Waals surface area contributed by atoms with Gasteiger partial charge in [0.05, 0.1) is 20.3 Å². The highest BCUT2D eigenvalue weighted by Gasteiger charge is 2.19. The van der Waals surface area contributed by atoms with Gasteiger partial charge >= 0.3 is 11.8 Å². The Labute approximate surface area is 157 Å². The first-order valence-corrected chi connectivity index (χ1v) is 8.89. The Morgan fingerprint density at radius 1 is 1.26 bits per heavy atom. The molecule has 0 spiro atoms. The van der Waals surface area contributed by atoms with Gasteiger partial charge in [-0.15, -0.1) is 0 Å². The molecule has 0 fully saturated rings. The van der Waals surface area contributed by atoms with Gasteiger partial charge in [0, 0.05) is 6.54 Å². The molecule has 9 nitrogen and oxygen atoms in total. The van der Waals surface area contributed by atoms with Crippen molar-refractivity contribution in [2.75, 3.05) is 14.2 Å². The summed E-state index contributed by atoms with van der Waals surface area (Å²) < 4.78 is 18.5. The van der Waals surface area contributed by atoms with Gasteiger partial charge in [-0.25, -0.2) is 0 Å². The van der Waals surface area contributed by atoms with E-state index in [1.807, 2.05) is 11.5 Å². The number of hydrogen-bond acceptors (Lipinski definition) is 7. The van der Waals surface area contributed by atoms with E-state index in [4.69, 9.17) is 13.9 Å². The second kappa shape index (κ2) is 7.62. The fourth-order valence-electron chi connectivity index (χ4n) is 2.65. The van der Waals surface area contributed by atoms with Crippen LogP contribution in [0.4, 0.5) is 5.88 Å². The van der Waals surface area contributed by atoms with E-state index in [0.29, 0.717) is 22.8 Å². The molecule has 0 bridgehead atoms. The molecule has 0 saturated heterocycles.